The Labute approximate surface area is 164 Å². The molecule has 0 N–H and O–H groups in total. The molecule has 0 radical (unpaired) electrons. The number of benzene rings is 3. The molecule has 3 heteroatoms. The lowest BCUT2D eigenvalue weighted by Crippen LogP contribution is -1.85. The van der Waals surface area contributed by atoms with Gasteiger partial charge in [-0.25, -0.2) is 0 Å². The fourth-order valence-corrected chi connectivity index (χ4v) is 4.10. The SMILES string of the molecule is Ic1cc(-c2ccncc2)cc(-c2cccc3c2oc2ccccc23)c1. The highest BCUT2D eigenvalue weighted by Crippen LogP contribution is 2.37. The first-order valence-electron chi connectivity index (χ1n) is 8.41. The van der Waals surface area contributed by atoms with Gasteiger partial charge in [-0.05, 0) is 75.7 Å². The molecule has 5 rings (SSSR count). The summed E-state index contributed by atoms with van der Waals surface area (Å²) in [6, 6.07) is 25.3. The molecule has 0 spiro atoms. The molecule has 0 saturated heterocycles. The standard InChI is InChI=1S/C23H14INO/c24-18-13-16(15-8-10-25-11-9-15)12-17(14-18)19-5-3-6-21-20-4-1-2-7-22(20)26-23(19)21/h1-14H. The van der Waals surface area contributed by atoms with E-state index in [4.69, 9.17) is 4.42 Å². The zero-order chi connectivity index (χ0) is 17.5. The van der Waals surface area contributed by atoms with Crippen LogP contribution >= 0.6 is 22.6 Å². The largest absolute Gasteiger partial charge is 0.455 e. The Morgan fingerprint density at radius 1 is 0.692 bits per heavy atom. The van der Waals surface area contributed by atoms with Crippen LogP contribution < -0.4 is 0 Å². The molecule has 0 unspecified atom stereocenters. The van der Waals surface area contributed by atoms with Gasteiger partial charge in [0.1, 0.15) is 11.2 Å². The summed E-state index contributed by atoms with van der Waals surface area (Å²) >= 11 is 2.38. The van der Waals surface area contributed by atoms with Gasteiger partial charge in [-0.2, -0.15) is 0 Å². The first-order valence-corrected chi connectivity index (χ1v) is 9.49. The number of furan rings is 1. The Morgan fingerprint density at radius 2 is 1.46 bits per heavy atom. The summed E-state index contributed by atoms with van der Waals surface area (Å²) < 4.78 is 7.41. The van der Waals surface area contributed by atoms with E-state index in [1.807, 2.05) is 36.7 Å². The fraction of sp³-hybridized carbons (Fsp3) is 0. The van der Waals surface area contributed by atoms with Crippen LogP contribution in [0.4, 0.5) is 0 Å². The van der Waals surface area contributed by atoms with Crippen molar-refractivity contribution in [3.05, 3.63) is 88.8 Å². The highest BCUT2D eigenvalue weighted by atomic mass is 127. The average molecular weight is 447 g/mol. The molecule has 0 aliphatic heterocycles. The second-order valence-corrected chi connectivity index (χ2v) is 7.49. The van der Waals surface area contributed by atoms with E-state index in [9.17, 15) is 0 Å². The molecule has 26 heavy (non-hydrogen) atoms. The van der Waals surface area contributed by atoms with E-state index < -0.39 is 0 Å². The number of hydrogen-bond acceptors (Lipinski definition) is 2. The van der Waals surface area contributed by atoms with Gasteiger partial charge in [0.05, 0.1) is 0 Å². The molecule has 0 fully saturated rings. The van der Waals surface area contributed by atoms with Gasteiger partial charge in [-0.3, -0.25) is 4.98 Å². The molecule has 2 nitrogen and oxygen atoms in total. The first-order chi connectivity index (χ1) is 12.8. The number of nitrogens with zero attached hydrogens (tertiary/aromatic N) is 1. The third-order valence-electron chi connectivity index (χ3n) is 4.63. The number of rotatable bonds is 2. The van der Waals surface area contributed by atoms with Crippen molar-refractivity contribution in [1.82, 2.24) is 4.98 Å². The van der Waals surface area contributed by atoms with Gasteiger partial charge >= 0.3 is 0 Å². The van der Waals surface area contributed by atoms with Crippen LogP contribution in [0.25, 0.3) is 44.2 Å². The molecule has 0 aliphatic rings. The summed E-state index contributed by atoms with van der Waals surface area (Å²) in [7, 11) is 0. The number of pyridine rings is 1. The molecule has 0 amide bonds. The van der Waals surface area contributed by atoms with Crippen LogP contribution in [-0.2, 0) is 0 Å². The minimum Gasteiger partial charge on any atom is -0.455 e. The lowest BCUT2D eigenvalue weighted by atomic mass is 9.98. The zero-order valence-electron chi connectivity index (χ0n) is 13.8. The Bertz CT molecular complexity index is 1240. The summed E-state index contributed by atoms with van der Waals surface area (Å²) in [5, 5.41) is 2.31. The van der Waals surface area contributed by atoms with Crippen LogP contribution in [0.2, 0.25) is 0 Å². The molecule has 2 heterocycles. The van der Waals surface area contributed by atoms with Crippen LogP contribution in [0.3, 0.4) is 0 Å². The number of fused-ring (bicyclic) bond motifs is 3. The van der Waals surface area contributed by atoms with Crippen molar-refractivity contribution in [2.24, 2.45) is 0 Å². The third-order valence-corrected chi connectivity index (χ3v) is 5.25. The number of aromatic nitrogens is 1. The van der Waals surface area contributed by atoms with E-state index in [1.165, 1.54) is 9.13 Å². The number of halogens is 1. The van der Waals surface area contributed by atoms with Crippen LogP contribution in [0.1, 0.15) is 0 Å². The molecule has 0 atom stereocenters. The summed E-state index contributed by atoms with van der Waals surface area (Å²) in [4.78, 5) is 4.12. The van der Waals surface area contributed by atoms with Crippen LogP contribution in [-0.4, -0.2) is 4.98 Å². The maximum absolute atomic E-state index is 6.21. The summed E-state index contributed by atoms with van der Waals surface area (Å²) in [6.07, 6.45) is 3.66. The van der Waals surface area contributed by atoms with E-state index in [0.29, 0.717) is 0 Å². The normalized spacial score (nSPS) is 11.3. The quantitative estimate of drug-likeness (QED) is 0.275. The maximum atomic E-state index is 6.21. The molecule has 124 valence electrons. The Hall–Kier alpha value is -2.66. The molecule has 0 aliphatic carbocycles. The Balaban J connectivity index is 1.77. The van der Waals surface area contributed by atoms with E-state index >= 15 is 0 Å². The second-order valence-electron chi connectivity index (χ2n) is 6.24. The van der Waals surface area contributed by atoms with Crippen LogP contribution in [0, 0.1) is 3.57 Å². The van der Waals surface area contributed by atoms with E-state index in [2.05, 4.69) is 76.1 Å². The number of hydrogen-bond donors (Lipinski definition) is 0. The van der Waals surface area contributed by atoms with Crippen LogP contribution in [0.5, 0.6) is 0 Å². The highest BCUT2D eigenvalue weighted by molar-refractivity contribution is 14.1. The third kappa shape index (κ3) is 2.59. The van der Waals surface area contributed by atoms with E-state index in [1.54, 1.807) is 0 Å². The molecular formula is C23H14INO. The van der Waals surface area contributed by atoms with E-state index in [-0.39, 0.29) is 0 Å². The van der Waals surface area contributed by atoms with Crippen molar-refractivity contribution in [1.29, 1.82) is 0 Å². The van der Waals surface area contributed by atoms with Gasteiger partial charge in [-0.1, -0.05) is 36.4 Å². The van der Waals surface area contributed by atoms with Gasteiger partial charge in [0.15, 0.2) is 0 Å². The smallest absolute Gasteiger partial charge is 0.143 e. The van der Waals surface area contributed by atoms with Crippen molar-refractivity contribution in [3.63, 3.8) is 0 Å². The second kappa shape index (κ2) is 6.25. The topological polar surface area (TPSA) is 26.0 Å². The average Bonchev–Trinajstić information content (AvgIpc) is 3.07. The van der Waals surface area contributed by atoms with Crippen molar-refractivity contribution in [2.75, 3.05) is 0 Å². The van der Waals surface area contributed by atoms with Gasteiger partial charge in [0.2, 0.25) is 0 Å². The minimum absolute atomic E-state index is 0.926. The van der Waals surface area contributed by atoms with Gasteiger partial charge in [-0.15, -0.1) is 0 Å². The van der Waals surface area contributed by atoms with Gasteiger partial charge in [0.25, 0.3) is 0 Å². The fourth-order valence-electron chi connectivity index (χ4n) is 3.43. The monoisotopic (exact) mass is 447 g/mol. The molecular weight excluding hydrogens is 433 g/mol. The summed E-state index contributed by atoms with van der Waals surface area (Å²) in [5.41, 5.74) is 6.49. The summed E-state index contributed by atoms with van der Waals surface area (Å²) in [5.74, 6) is 0. The van der Waals surface area contributed by atoms with Crippen molar-refractivity contribution in [2.45, 2.75) is 0 Å². The highest BCUT2D eigenvalue weighted by Gasteiger charge is 2.13. The zero-order valence-corrected chi connectivity index (χ0v) is 16.0. The lowest BCUT2D eigenvalue weighted by molar-refractivity contribution is 0.670. The van der Waals surface area contributed by atoms with Crippen molar-refractivity contribution < 1.29 is 4.42 Å². The molecule has 0 bridgehead atoms. The first kappa shape index (κ1) is 15.6. The van der Waals surface area contributed by atoms with Crippen LogP contribution in [0.15, 0.2) is 89.6 Å². The van der Waals surface area contributed by atoms with Gasteiger partial charge in [0, 0.05) is 32.3 Å². The lowest BCUT2D eigenvalue weighted by Gasteiger charge is -2.08. The van der Waals surface area contributed by atoms with Crippen molar-refractivity contribution >= 4 is 44.5 Å². The Morgan fingerprint density at radius 3 is 2.35 bits per heavy atom. The minimum atomic E-state index is 0.926. The Kier molecular flexibility index (Phi) is 3.75. The molecule has 3 aromatic carbocycles. The predicted molar refractivity (Wildman–Crippen MR) is 115 cm³/mol. The summed E-state index contributed by atoms with van der Waals surface area (Å²) in [6.45, 7) is 0. The predicted octanol–water partition coefficient (Wildman–Crippen LogP) is 6.92. The van der Waals surface area contributed by atoms with Gasteiger partial charge < -0.3 is 4.42 Å². The molecule has 5 aromatic rings. The number of para-hydroxylation sites is 2. The van der Waals surface area contributed by atoms with E-state index in [0.717, 1.165) is 38.6 Å². The molecule has 0 saturated carbocycles. The maximum Gasteiger partial charge on any atom is 0.143 e. The molecule has 2 aromatic heterocycles. The van der Waals surface area contributed by atoms with Crippen molar-refractivity contribution in [3.8, 4) is 22.3 Å².